The highest BCUT2D eigenvalue weighted by molar-refractivity contribution is 7.11. The first-order valence-corrected chi connectivity index (χ1v) is 11.5. The topological polar surface area (TPSA) is 58.1 Å². The van der Waals surface area contributed by atoms with E-state index in [4.69, 9.17) is 0 Å². The van der Waals surface area contributed by atoms with Gasteiger partial charge >= 0.3 is 6.03 Å². The fourth-order valence-electron chi connectivity index (χ4n) is 4.82. The molecule has 2 heterocycles. The monoisotopic (exact) mass is 376 g/mol. The minimum Gasteiger partial charge on any atom is -0.335 e. The molecule has 0 atom stereocenters. The van der Waals surface area contributed by atoms with E-state index in [0.29, 0.717) is 12.0 Å². The molecule has 144 valence electrons. The molecule has 0 spiro atoms. The van der Waals surface area contributed by atoms with E-state index in [9.17, 15) is 4.79 Å². The van der Waals surface area contributed by atoms with E-state index >= 15 is 0 Å². The molecule has 0 unspecified atom stereocenters. The van der Waals surface area contributed by atoms with Crippen molar-refractivity contribution < 1.29 is 4.79 Å². The molecule has 0 radical (unpaired) electrons. The summed E-state index contributed by atoms with van der Waals surface area (Å²) in [7, 11) is 0. The number of nitrogens with one attached hydrogen (secondary N) is 1. The van der Waals surface area contributed by atoms with Crippen molar-refractivity contribution in [1.82, 2.24) is 20.4 Å². The van der Waals surface area contributed by atoms with Gasteiger partial charge in [-0.05, 0) is 31.6 Å². The second kappa shape index (κ2) is 8.68. The first-order chi connectivity index (χ1) is 12.8. The van der Waals surface area contributed by atoms with Gasteiger partial charge in [-0.2, -0.15) is 0 Å². The number of rotatable bonds is 4. The third-order valence-corrected chi connectivity index (χ3v) is 7.59. The van der Waals surface area contributed by atoms with Gasteiger partial charge in [-0.15, -0.1) is 21.5 Å². The maximum absolute atomic E-state index is 12.5. The summed E-state index contributed by atoms with van der Waals surface area (Å²) in [5.41, 5.74) is 0. The van der Waals surface area contributed by atoms with Gasteiger partial charge in [-0.1, -0.05) is 44.9 Å². The van der Waals surface area contributed by atoms with Gasteiger partial charge in [-0.3, -0.25) is 0 Å². The summed E-state index contributed by atoms with van der Waals surface area (Å²) in [5.74, 6) is 1.32. The highest BCUT2D eigenvalue weighted by atomic mass is 32.1. The van der Waals surface area contributed by atoms with Crippen LogP contribution in [-0.2, 0) is 6.42 Å². The normalized spacial score (nSPS) is 23.5. The highest BCUT2D eigenvalue weighted by Gasteiger charge is 2.28. The number of piperidine rings is 1. The largest absolute Gasteiger partial charge is 0.335 e. The molecule has 5 nitrogen and oxygen atoms in total. The molecule has 0 bridgehead atoms. The Labute approximate surface area is 161 Å². The summed E-state index contributed by atoms with van der Waals surface area (Å²) in [4.78, 5) is 14.5. The van der Waals surface area contributed by atoms with Crippen LogP contribution in [0.5, 0.6) is 0 Å². The van der Waals surface area contributed by atoms with Crippen molar-refractivity contribution in [2.75, 3.05) is 13.1 Å². The molecule has 1 saturated heterocycles. The van der Waals surface area contributed by atoms with Crippen LogP contribution < -0.4 is 5.32 Å². The van der Waals surface area contributed by atoms with Gasteiger partial charge in [-0.25, -0.2) is 4.79 Å². The minimum absolute atomic E-state index is 0.148. The van der Waals surface area contributed by atoms with Crippen LogP contribution in [0.25, 0.3) is 0 Å². The summed E-state index contributed by atoms with van der Waals surface area (Å²) >= 11 is 1.82. The van der Waals surface area contributed by atoms with Crippen LogP contribution in [0.3, 0.4) is 0 Å². The SMILES string of the molecule is O=C(NC1CCCCC1)N1CCC(c2nnc(CC3CCCC3)s2)CC1. The van der Waals surface area contributed by atoms with Crippen molar-refractivity contribution in [2.24, 2.45) is 5.92 Å². The average molecular weight is 377 g/mol. The van der Waals surface area contributed by atoms with Crippen molar-refractivity contribution in [2.45, 2.75) is 89.0 Å². The molecule has 1 aliphatic heterocycles. The quantitative estimate of drug-likeness (QED) is 0.842. The number of amides is 2. The zero-order valence-corrected chi connectivity index (χ0v) is 16.6. The van der Waals surface area contributed by atoms with Crippen molar-refractivity contribution in [3.8, 4) is 0 Å². The molecule has 4 rings (SSSR count). The Hall–Kier alpha value is -1.17. The smallest absolute Gasteiger partial charge is 0.317 e. The number of carbonyl (C=O) groups excluding carboxylic acids is 1. The third kappa shape index (κ3) is 4.56. The Bertz CT molecular complexity index is 584. The maximum Gasteiger partial charge on any atom is 0.317 e. The first-order valence-electron chi connectivity index (χ1n) is 10.7. The lowest BCUT2D eigenvalue weighted by molar-refractivity contribution is 0.174. The van der Waals surface area contributed by atoms with Crippen molar-refractivity contribution in [3.05, 3.63) is 10.0 Å². The molecule has 3 fully saturated rings. The molecule has 1 aromatic rings. The summed E-state index contributed by atoms with van der Waals surface area (Å²) < 4.78 is 0. The number of hydrogen-bond acceptors (Lipinski definition) is 4. The van der Waals surface area contributed by atoms with E-state index in [1.54, 1.807) is 0 Å². The molecule has 2 saturated carbocycles. The molecule has 1 aromatic heterocycles. The average Bonchev–Trinajstić information content (AvgIpc) is 3.35. The van der Waals surface area contributed by atoms with Gasteiger partial charge in [0.1, 0.15) is 10.0 Å². The molecule has 2 aliphatic carbocycles. The zero-order chi connectivity index (χ0) is 17.8. The Morgan fingerprint density at radius 2 is 1.65 bits per heavy atom. The number of hydrogen-bond donors (Lipinski definition) is 1. The van der Waals surface area contributed by atoms with Crippen molar-refractivity contribution in [3.63, 3.8) is 0 Å². The van der Waals surface area contributed by atoms with E-state index in [0.717, 1.165) is 51.1 Å². The predicted octanol–water partition coefficient (Wildman–Crippen LogP) is 4.49. The van der Waals surface area contributed by atoms with Crippen LogP contribution in [0.15, 0.2) is 0 Å². The van der Waals surface area contributed by atoms with Gasteiger partial charge < -0.3 is 10.2 Å². The van der Waals surface area contributed by atoms with Crippen LogP contribution in [0, 0.1) is 5.92 Å². The fraction of sp³-hybridized carbons (Fsp3) is 0.850. The van der Waals surface area contributed by atoms with Gasteiger partial charge in [0.25, 0.3) is 0 Å². The summed E-state index contributed by atoms with van der Waals surface area (Å²) in [5, 5.41) is 14.6. The van der Waals surface area contributed by atoms with Gasteiger partial charge in [0.05, 0.1) is 0 Å². The van der Waals surface area contributed by atoms with E-state index in [1.807, 2.05) is 16.2 Å². The number of aromatic nitrogens is 2. The summed E-state index contributed by atoms with van der Waals surface area (Å²) in [6, 6.07) is 0.546. The Morgan fingerprint density at radius 1 is 0.962 bits per heavy atom. The molecular weight excluding hydrogens is 344 g/mol. The standard InChI is InChI=1S/C20H32N4OS/c25-20(21-17-8-2-1-3-9-17)24-12-10-16(11-13-24)19-23-22-18(26-19)14-15-6-4-5-7-15/h15-17H,1-14H2,(H,21,25). The van der Waals surface area contributed by atoms with Gasteiger partial charge in [0, 0.05) is 31.5 Å². The van der Waals surface area contributed by atoms with E-state index in [2.05, 4.69) is 15.5 Å². The van der Waals surface area contributed by atoms with Crippen LogP contribution in [-0.4, -0.2) is 40.3 Å². The first kappa shape index (κ1) is 18.2. The second-order valence-electron chi connectivity index (χ2n) is 8.43. The molecule has 26 heavy (non-hydrogen) atoms. The lowest BCUT2D eigenvalue weighted by atomic mass is 9.95. The number of urea groups is 1. The van der Waals surface area contributed by atoms with Gasteiger partial charge in [0.2, 0.25) is 0 Å². The van der Waals surface area contributed by atoms with Crippen LogP contribution >= 0.6 is 11.3 Å². The lowest BCUT2D eigenvalue weighted by Crippen LogP contribution is -2.48. The summed E-state index contributed by atoms with van der Waals surface area (Å²) in [6.07, 6.45) is 14.8. The van der Waals surface area contributed by atoms with Crippen LogP contribution in [0.1, 0.15) is 86.6 Å². The van der Waals surface area contributed by atoms with E-state index in [-0.39, 0.29) is 6.03 Å². The van der Waals surface area contributed by atoms with E-state index in [1.165, 1.54) is 55.0 Å². The van der Waals surface area contributed by atoms with Crippen molar-refractivity contribution >= 4 is 17.4 Å². The fourth-order valence-corrected chi connectivity index (χ4v) is 5.94. The number of carbonyl (C=O) groups is 1. The number of likely N-dealkylation sites (tertiary alicyclic amines) is 1. The molecule has 1 N–H and O–H groups in total. The molecular formula is C20H32N4OS. The predicted molar refractivity (Wildman–Crippen MR) is 105 cm³/mol. The molecule has 0 aromatic carbocycles. The third-order valence-electron chi connectivity index (χ3n) is 6.48. The number of nitrogens with zero attached hydrogens (tertiary/aromatic N) is 3. The summed E-state index contributed by atoms with van der Waals surface area (Å²) in [6.45, 7) is 1.70. The lowest BCUT2D eigenvalue weighted by Gasteiger charge is -2.33. The van der Waals surface area contributed by atoms with Crippen molar-refractivity contribution in [1.29, 1.82) is 0 Å². The molecule has 3 aliphatic rings. The Balaban J connectivity index is 1.24. The van der Waals surface area contributed by atoms with Crippen LogP contribution in [0.2, 0.25) is 0 Å². The van der Waals surface area contributed by atoms with E-state index < -0.39 is 0 Å². The highest BCUT2D eigenvalue weighted by Crippen LogP contribution is 2.33. The second-order valence-corrected chi connectivity index (χ2v) is 9.53. The molecule has 2 amide bonds. The Morgan fingerprint density at radius 3 is 2.38 bits per heavy atom. The molecule has 6 heteroatoms. The van der Waals surface area contributed by atoms with Gasteiger partial charge in [0.15, 0.2) is 0 Å². The Kier molecular flexibility index (Phi) is 6.08. The minimum atomic E-state index is 0.148. The maximum atomic E-state index is 12.5. The zero-order valence-electron chi connectivity index (χ0n) is 15.8. The van der Waals surface area contributed by atoms with Crippen LogP contribution in [0.4, 0.5) is 4.79 Å².